The van der Waals surface area contributed by atoms with Crippen molar-refractivity contribution in [2.75, 3.05) is 20.7 Å². The first-order valence-electron chi connectivity index (χ1n) is 7.88. The molecule has 0 saturated heterocycles. The summed E-state index contributed by atoms with van der Waals surface area (Å²) < 4.78 is 5.47. The number of nitrogens with one attached hydrogen (secondary N) is 2. The van der Waals surface area contributed by atoms with Crippen LogP contribution in [0.4, 0.5) is 0 Å². The van der Waals surface area contributed by atoms with Crippen LogP contribution in [0.1, 0.15) is 30.0 Å². The number of hydrogen-bond acceptors (Lipinski definition) is 3. The van der Waals surface area contributed by atoms with Crippen LogP contribution >= 0.6 is 12.4 Å². The Hall–Kier alpha value is -2.04. The normalized spacial score (nSPS) is 11.2. The number of hydrogen-bond donors (Lipinski definition) is 2. The van der Waals surface area contributed by atoms with Crippen LogP contribution in [0.2, 0.25) is 0 Å². The minimum Gasteiger partial charge on any atom is -0.496 e. The Bertz CT molecular complexity index is 620. The molecule has 2 N–H and O–H groups in total. The van der Waals surface area contributed by atoms with Crippen LogP contribution in [-0.4, -0.2) is 26.6 Å². The molecule has 2 aromatic rings. The highest BCUT2D eigenvalue weighted by molar-refractivity contribution is 5.85. The average Bonchev–Trinajstić information content (AvgIpc) is 2.60. The summed E-state index contributed by atoms with van der Waals surface area (Å²) in [5.41, 5.74) is 2.00. The van der Waals surface area contributed by atoms with E-state index in [1.54, 1.807) is 7.11 Å². The van der Waals surface area contributed by atoms with Gasteiger partial charge in [-0.2, -0.15) is 0 Å². The molecule has 1 amide bonds. The van der Waals surface area contributed by atoms with Crippen molar-refractivity contribution in [1.29, 1.82) is 0 Å². The van der Waals surface area contributed by atoms with Crippen molar-refractivity contribution in [3.8, 4) is 5.75 Å². The van der Waals surface area contributed by atoms with Gasteiger partial charge in [0.2, 0.25) is 5.91 Å². The second kappa shape index (κ2) is 10.7. The summed E-state index contributed by atoms with van der Waals surface area (Å²) in [5.74, 6) is 0.817. The van der Waals surface area contributed by atoms with E-state index in [4.69, 9.17) is 4.74 Å². The Morgan fingerprint density at radius 2 is 1.75 bits per heavy atom. The Balaban J connectivity index is 0.00000288. The molecule has 0 bridgehead atoms. The van der Waals surface area contributed by atoms with Crippen LogP contribution in [0, 0.1) is 0 Å². The van der Waals surface area contributed by atoms with Gasteiger partial charge in [-0.25, -0.2) is 0 Å². The van der Waals surface area contributed by atoms with E-state index >= 15 is 0 Å². The van der Waals surface area contributed by atoms with Gasteiger partial charge in [0.25, 0.3) is 0 Å². The molecule has 0 aliphatic heterocycles. The molecule has 24 heavy (non-hydrogen) atoms. The van der Waals surface area contributed by atoms with Crippen molar-refractivity contribution in [2.45, 2.75) is 18.9 Å². The number of rotatable bonds is 8. The molecule has 0 spiro atoms. The smallest absolute Gasteiger partial charge is 0.220 e. The third-order valence-corrected chi connectivity index (χ3v) is 3.72. The van der Waals surface area contributed by atoms with Gasteiger partial charge in [-0.3, -0.25) is 4.79 Å². The van der Waals surface area contributed by atoms with E-state index < -0.39 is 0 Å². The number of ether oxygens (including phenoxy) is 1. The van der Waals surface area contributed by atoms with Crippen LogP contribution in [0.3, 0.4) is 0 Å². The number of carbonyl (C=O) groups is 1. The van der Waals surface area contributed by atoms with Crippen LogP contribution in [0.25, 0.3) is 0 Å². The van der Waals surface area contributed by atoms with E-state index in [0.717, 1.165) is 29.8 Å². The zero-order valence-electron chi connectivity index (χ0n) is 14.1. The fourth-order valence-electron chi connectivity index (χ4n) is 2.55. The first-order chi connectivity index (χ1) is 11.3. The molecule has 0 heterocycles. The molecular formula is C19H25ClN2O2. The highest BCUT2D eigenvalue weighted by atomic mass is 35.5. The quantitative estimate of drug-likeness (QED) is 0.719. The molecule has 2 rings (SSSR count). The number of carbonyl (C=O) groups excluding carboxylic acids is 1. The summed E-state index contributed by atoms with van der Waals surface area (Å²) in [6, 6.07) is 17.5. The van der Waals surface area contributed by atoms with Crippen molar-refractivity contribution >= 4 is 18.3 Å². The topological polar surface area (TPSA) is 50.4 Å². The van der Waals surface area contributed by atoms with Crippen molar-refractivity contribution in [3.63, 3.8) is 0 Å². The predicted octanol–water partition coefficient (Wildman–Crippen LogP) is 3.32. The minimum absolute atomic E-state index is 0. The zero-order chi connectivity index (χ0) is 16.5. The van der Waals surface area contributed by atoms with Gasteiger partial charge in [0.1, 0.15) is 5.75 Å². The average molecular weight is 349 g/mol. The van der Waals surface area contributed by atoms with Gasteiger partial charge in [-0.15, -0.1) is 12.4 Å². The van der Waals surface area contributed by atoms with Crippen molar-refractivity contribution in [2.24, 2.45) is 0 Å². The first kappa shape index (κ1) is 20.0. The van der Waals surface area contributed by atoms with Crippen molar-refractivity contribution in [1.82, 2.24) is 10.6 Å². The molecule has 2 aromatic carbocycles. The zero-order valence-corrected chi connectivity index (χ0v) is 14.9. The Morgan fingerprint density at radius 3 is 2.42 bits per heavy atom. The van der Waals surface area contributed by atoms with Crippen LogP contribution in [0.5, 0.6) is 5.75 Å². The second-order valence-electron chi connectivity index (χ2n) is 5.36. The monoisotopic (exact) mass is 348 g/mol. The van der Waals surface area contributed by atoms with Crippen molar-refractivity contribution < 1.29 is 9.53 Å². The summed E-state index contributed by atoms with van der Waals surface area (Å²) in [7, 11) is 3.54. The molecule has 0 radical (unpaired) electrons. The molecular weight excluding hydrogens is 324 g/mol. The van der Waals surface area contributed by atoms with E-state index in [0.29, 0.717) is 6.42 Å². The highest BCUT2D eigenvalue weighted by Gasteiger charge is 2.19. The molecule has 0 saturated carbocycles. The standard InChI is InChI=1S/C19H24N2O2.ClH/c1-20-14-8-13-18(22)21-19(15-9-4-3-5-10-15)16-11-6-7-12-17(16)23-2;/h3-7,9-12,19-20H,8,13-14H2,1-2H3,(H,21,22);1H. The predicted molar refractivity (Wildman–Crippen MR) is 99.8 cm³/mol. The number of methoxy groups -OCH3 is 1. The highest BCUT2D eigenvalue weighted by Crippen LogP contribution is 2.29. The van der Waals surface area contributed by atoms with Gasteiger partial charge in [-0.05, 0) is 31.6 Å². The minimum atomic E-state index is -0.213. The fourth-order valence-corrected chi connectivity index (χ4v) is 2.55. The molecule has 5 heteroatoms. The Kier molecular flexibility index (Phi) is 8.90. The lowest BCUT2D eigenvalue weighted by Gasteiger charge is -2.22. The first-order valence-corrected chi connectivity index (χ1v) is 7.88. The number of halogens is 1. The van der Waals surface area contributed by atoms with Crippen molar-refractivity contribution in [3.05, 3.63) is 65.7 Å². The lowest BCUT2D eigenvalue weighted by Crippen LogP contribution is -2.30. The maximum absolute atomic E-state index is 12.3. The molecule has 0 aliphatic carbocycles. The third-order valence-electron chi connectivity index (χ3n) is 3.72. The van der Waals surface area contributed by atoms with Gasteiger partial charge in [0.05, 0.1) is 13.2 Å². The van der Waals surface area contributed by atoms with Crippen LogP contribution in [0.15, 0.2) is 54.6 Å². The van der Waals surface area contributed by atoms with Gasteiger partial charge in [-0.1, -0.05) is 48.5 Å². The second-order valence-corrected chi connectivity index (χ2v) is 5.36. The van der Waals surface area contributed by atoms with E-state index in [9.17, 15) is 4.79 Å². The molecule has 130 valence electrons. The fraction of sp³-hybridized carbons (Fsp3) is 0.316. The molecule has 4 nitrogen and oxygen atoms in total. The third kappa shape index (κ3) is 5.55. The van der Waals surface area contributed by atoms with Crippen LogP contribution in [-0.2, 0) is 4.79 Å². The number of amides is 1. The van der Waals surface area contributed by atoms with E-state index in [1.807, 2.05) is 61.6 Å². The largest absolute Gasteiger partial charge is 0.496 e. The van der Waals surface area contributed by atoms with E-state index in [1.165, 1.54) is 0 Å². The SMILES string of the molecule is CNCCCC(=O)NC(c1ccccc1)c1ccccc1OC.Cl. The maximum Gasteiger partial charge on any atom is 0.220 e. The summed E-state index contributed by atoms with van der Waals surface area (Å²) >= 11 is 0. The van der Waals surface area contributed by atoms with Gasteiger partial charge >= 0.3 is 0 Å². The molecule has 0 aliphatic rings. The lowest BCUT2D eigenvalue weighted by molar-refractivity contribution is -0.121. The van der Waals surface area contributed by atoms with E-state index in [-0.39, 0.29) is 24.4 Å². The summed E-state index contributed by atoms with van der Waals surface area (Å²) in [6.07, 6.45) is 1.31. The lowest BCUT2D eigenvalue weighted by atomic mass is 9.97. The van der Waals surface area contributed by atoms with Gasteiger partial charge in [0.15, 0.2) is 0 Å². The maximum atomic E-state index is 12.3. The van der Waals surface area contributed by atoms with E-state index in [2.05, 4.69) is 10.6 Å². The molecule has 0 fully saturated rings. The number of para-hydroxylation sites is 1. The summed E-state index contributed by atoms with van der Waals surface area (Å²) in [4.78, 5) is 12.3. The molecule has 1 atom stereocenters. The van der Waals surface area contributed by atoms with Gasteiger partial charge < -0.3 is 15.4 Å². The Morgan fingerprint density at radius 1 is 1.08 bits per heavy atom. The van der Waals surface area contributed by atoms with Gasteiger partial charge in [0, 0.05) is 12.0 Å². The summed E-state index contributed by atoms with van der Waals surface area (Å²) in [5, 5.41) is 6.19. The van der Waals surface area contributed by atoms with Crippen LogP contribution < -0.4 is 15.4 Å². The Labute approximate surface area is 150 Å². The molecule has 0 aromatic heterocycles. The molecule has 1 unspecified atom stereocenters. The number of benzene rings is 2. The summed E-state index contributed by atoms with van der Waals surface area (Å²) in [6.45, 7) is 0.831.